The molecule has 1 aliphatic heterocycles. The summed E-state index contributed by atoms with van der Waals surface area (Å²) < 4.78 is 0. The van der Waals surface area contributed by atoms with Crippen molar-refractivity contribution in [2.45, 2.75) is 38.6 Å². The summed E-state index contributed by atoms with van der Waals surface area (Å²) in [5.41, 5.74) is 0.0393. The van der Waals surface area contributed by atoms with Gasteiger partial charge in [-0.15, -0.1) is 0 Å². The lowest BCUT2D eigenvalue weighted by molar-refractivity contribution is -0.104. The fraction of sp³-hybridized carbons (Fsp3) is 0.667. The maximum absolute atomic E-state index is 10.6. The van der Waals surface area contributed by atoms with Crippen molar-refractivity contribution in [2.75, 3.05) is 13.1 Å². The van der Waals surface area contributed by atoms with E-state index in [1.807, 2.05) is 6.07 Å². The smallest absolute Gasteiger partial charge is 0.160 e. The highest BCUT2D eigenvalue weighted by Crippen LogP contribution is 2.22. The van der Waals surface area contributed by atoms with Crippen molar-refractivity contribution >= 4 is 6.29 Å². The third-order valence-electron chi connectivity index (χ3n) is 2.94. The van der Waals surface area contributed by atoms with Crippen LogP contribution in [0.4, 0.5) is 0 Å². The van der Waals surface area contributed by atoms with E-state index in [1.54, 1.807) is 6.08 Å². The molecule has 1 aliphatic rings. The molecule has 0 aromatic carbocycles. The van der Waals surface area contributed by atoms with Gasteiger partial charge in [0, 0.05) is 5.54 Å². The highest BCUT2D eigenvalue weighted by molar-refractivity contribution is 5.79. The number of aldehydes is 1. The number of piperidine rings is 1. The summed E-state index contributed by atoms with van der Waals surface area (Å²) in [5, 5.41) is 8.72. The average molecular weight is 206 g/mol. The number of nitriles is 1. The molecule has 0 aromatic rings. The lowest BCUT2D eigenvalue weighted by Gasteiger charge is -2.39. The fourth-order valence-electron chi connectivity index (χ4n) is 2.03. The van der Waals surface area contributed by atoms with E-state index in [-0.39, 0.29) is 11.1 Å². The van der Waals surface area contributed by atoms with E-state index in [1.165, 1.54) is 19.3 Å². The van der Waals surface area contributed by atoms with Crippen LogP contribution >= 0.6 is 0 Å². The molecule has 0 amide bonds. The van der Waals surface area contributed by atoms with Crippen LogP contribution in [0.25, 0.3) is 0 Å². The Morgan fingerprint density at radius 1 is 1.33 bits per heavy atom. The molecule has 0 saturated carbocycles. The second-order valence-electron chi connectivity index (χ2n) is 4.53. The number of allylic oxidation sites excluding steroid dienone is 1. The molecule has 0 bridgehead atoms. The van der Waals surface area contributed by atoms with Crippen LogP contribution in [0, 0.1) is 11.3 Å². The van der Waals surface area contributed by atoms with Gasteiger partial charge in [0.25, 0.3) is 0 Å². The van der Waals surface area contributed by atoms with Crippen LogP contribution in [0.2, 0.25) is 0 Å². The third-order valence-corrected chi connectivity index (χ3v) is 2.94. The van der Waals surface area contributed by atoms with Crippen LogP contribution in [0.1, 0.15) is 33.1 Å². The van der Waals surface area contributed by atoms with E-state index in [2.05, 4.69) is 18.7 Å². The zero-order chi connectivity index (χ0) is 11.3. The summed E-state index contributed by atoms with van der Waals surface area (Å²) in [6.07, 6.45) is 6.10. The summed E-state index contributed by atoms with van der Waals surface area (Å²) >= 11 is 0. The van der Waals surface area contributed by atoms with Crippen LogP contribution < -0.4 is 0 Å². The van der Waals surface area contributed by atoms with E-state index in [0.717, 1.165) is 13.1 Å². The molecule has 1 saturated heterocycles. The fourth-order valence-corrected chi connectivity index (χ4v) is 2.03. The highest BCUT2D eigenvalue weighted by Gasteiger charge is 2.26. The van der Waals surface area contributed by atoms with Gasteiger partial charge in [-0.3, -0.25) is 9.69 Å². The van der Waals surface area contributed by atoms with Crippen molar-refractivity contribution in [2.24, 2.45) is 0 Å². The molecule has 0 aliphatic carbocycles. The number of carbonyl (C=O) groups excluding carboxylic acids is 1. The van der Waals surface area contributed by atoms with Crippen LogP contribution in [0.3, 0.4) is 0 Å². The number of hydrogen-bond acceptors (Lipinski definition) is 3. The largest absolute Gasteiger partial charge is 0.297 e. The van der Waals surface area contributed by atoms with Crippen molar-refractivity contribution < 1.29 is 4.79 Å². The molecular formula is C12H18N2O. The Bertz CT molecular complexity index is 293. The first-order chi connectivity index (χ1) is 7.10. The van der Waals surface area contributed by atoms with E-state index >= 15 is 0 Å². The van der Waals surface area contributed by atoms with Gasteiger partial charge in [-0.25, -0.2) is 0 Å². The Morgan fingerprint density at radius 2 is 1.93 bits per heavy atom. The molecule has 0 spiro atoms. The third kappa shape index (κ3) is 3.17. The standard InChI is InChI=1S/C12H18N2O/c1-12(2,8-11(9-13)10-15)14-6-4-3-5-7-14/h8,10H,3-7H2,1-2H3. The lowest BCUT2D eigenvalue weighted by Crippen LogP contribution is -2.45. The Kier molecular flexibility index (Phi) is 4.05. The van der Waals surface area contributed by atoms with Crippen molar-refractivity contribution in [3.8, 4) is 6.07 Å². The molecule has 82 valence electrons. The Morgan fingerprint density at radius 3 is 2.40 bits per heavy atom. The molecule has 0 atom stereocenters. The second-order valence-corrected chi connectivity index (χ2v) is 4.53. The number of hydrogen-bond donors (Lipinski definition) is 0. The monoisotopic (exact) mass is 206 g/mol. The average Bonchev–Trinajstić information content (AvgIpc) is 2.27. The van der Waals surface area contributed by atoms with Gasteiger partial charge in [-0.1, -0.05) is 6.42 Å². The predicted octanol–water partition coefficient (Wildman–Crippen LogP) is 1.90. The van der Waals surface area contributed by atoms with Gasteiger partial charge in [0.2, 0.25) is 0 Å². The van der Waals surface area contributed by atoms with Gasteiger partial charge in [0.05, 0.1) is 5.57 Å². The number of nitrogens with zero attached hydrogens (tertiary/aromatic N) is 2. The molecule has 1 fully saturated rings. The van der Waals surface area contributed by atoms with Crippen molar-refractivity contribution in [3.05, 3.63) is 11.6 Å². The van der Waals surface area contributed by atoms with Crippen molar-refractivity contribution in [3.63, 3.8) is 0 Å². The summed E-state index contributed by atoms with van der Waals surface area (Å²) in [7, 11) is 0. The van der Waals surface area contributed by atoms with Gasteiger partial charge in [0.1, 0.15) is 6.07 Å². The predicted molar refractivity (Wildman–Crippen MR) is 59.3 cm³/mol. The molecule has 1 rings (SSSR count). The molecule has 3 heteroatoms. The van der Waals surface area contributed by atoms with Crippen LogP contribution in [0.5, 0.6) is 0 Å². The van der Waals surface area contributed by atoms with Gasteiger partial charge >= 0.3 is 0 Å². The Hall–Kier alpha value is -1.14. The van der Waals surface area contributed by atoms with Gasteiger partial charge in [0.15, 0.2) is 6.29 Å². The van der Waals surface area contributed by atoms with Gasteiger partial charge < -0.3 is 0 Å². The van der Waals surface area contributed by atoms with Gasteiger partial charge in [-0.2, -0.15) is 5.26 Å². The number of rotatable bonds is 3. The van der Waals surface area contributed by atoms with E-state index in [4.69, 9.17) is 5.26 Å². The SMILES string of the molecule is CC(C)(C=C(C#N)C=O)N1CCCCC1. The zero-order valence-corrected chi connectivity index (χ0v) is 9.49. The molecule has 3 nitrogen and oxygen atoms in total. The quantitative estimate of drug-likeness (QED) is 0.402. The first-order valence-electron chi connectivity index (χ1n) is 5.43. The van der Waals surface area contributed by atoms with E-state index in [0.29, 0.717) is 6.29 Å². The maximum atomic E-state index is 10.6. The maximum Gasteiger partial charge on any atom is 0.160 e. The van der Waals surface area contributed by atoms with E-state index < -0.39 is 0 Å². The minimum absolute atomic E-state index is 0.188. The minimum Gasteiger partial charge on any atom is -0.297 e. The van der Waals surface area contributed by atoms with Crippen molar-refractivity contribution in [1.82, 2.24) is 4.90 Å². The van der Waals surface area contributed by atoms with Crippen LogP contribution in [-0.2, 0) is 4.79 Å². The normalized spacial score (nSPS) is 19.7. The summed E-state index contributed by atoms with van der Waals surface area (Å²) in [6.45, 7) is 6.22. The zero-order valence-electron chi connectivity index (χ0n) is 9.49. The molecule has 0 unspecified atom stereocenters. The molecule has 0 N–H and O–H groups in total. The Labute approximate surface area is 91.4 Å². The minimum atomic E-state index is -0.188. The molecule has 1 heterocycles. The molecule has 15 heavy (non-hydrogen) atoms. The molecular weight excluding hydrogens is 188 g/mol. The highest BCUT2D eigenvalue weighted by atomic mass is 16.1. The first kappa shape index (κ1) is 11.9. The van der Waals surface area contributed by atoms with Crippen LogP contribution in [0.15, 0.2) is 11.6 Å². The summed E-state index contributed by atoms with van der Waals surface area (Å²) in [4.78, 5) is 12.9. The number of likely N-dealkylation sites (tertiary alicyclic amines) is 1. The van der Waals surface area contributed by atoms with Crippen LogP contribution in [-0.4, -0.2) is 29.8 Å². The van der Waals surface area contributed by atoms with Gasteiger partial charge in [-0.05, 0) is 45.9 Å². The topological polar surface area (TPSA) is 44.1 Å². The first-order valence-corrected chi connectivity index (χ1v) is 5.43. The lowest BCUT2D eigenvalue weighted by atomic mass is 9.96. The Balaban J connectivity index is 2.76. The summed E-state index contributed by atoms with van der Waals surface area (Å²) in [5.74, 6) is 0. The van der Waals surface area contributed by atoms with Crippen molar-refractivity contribution in [1.29, 1.82) is 5.26 Å². The van der Waals surface area contributed by atoms with E-state index in [9.17, 15) is 4.79 Å². The molecule has 0 aromatic heterocycles. The summed E-state index contributed by atoms with van der Waals surface area (Å²) in [6, 6.07) is 1.91. The number of carbonyl (C=O) groups is 1. The second kappa shape index (κ2) is 5.09. The molecule has 0 radical (unpaired) electrons.